The smallest absolute Gasteiger partial charge is 0.319 e. The van der Waals surface area contributed by atoms with Crippen LogP contribution in [0.5, 0.6) is 0 Å². The zero-order chi connectivity index (χ0) is 17.5. The molecule has 0 bridgehead atoms. The van der Waals surface area contributed by atoms with Gasteiger partial charge in [-0.2, -0.15) is 0 Å². The van der Waals surface area contributed by atoms with Gasteiger partial charge in [0.25, 0.3) is 5.56 Å². The number of carbonyl (C=O) groups is 1. The lowest BCUT2D eigenvalue weighted by atomic mass is 9.94. The molecule has 2 N–H and O–H groups in total. The summed E-state index contributed by atoms with van der Waals surface area (Å²) in [7, 11) is 0. The van der Waals surface area contributed by atoms with E-state index in [2.05, 4.69) is 22.8 Å². The monoisotopic (exact) mass is 337 g/mol. The number of nitrogens with one attached hydrogen (secondary N) is 2. The first-order valence-electron chi connectivity index (χ1n) is 8.65. The molecule has 1 heterocycles. The maximum absolute atomic E-state index is 12.0. The minimum absolute atomic E-state index is 0.0263. The van der Waals surface area contributed by atoms with Gasteiger partial charge in [-0.15, -0.1) is 0 Å². The molecule has 1 aromatic carbocycles. The number of hydrogen-bond acceptors (Lipinski definition) is 2. The summed E-state index contributed by atoms with van der Waals surface area (Å²) in [4.78, 5) is 23.7. The number of carbonyl (C=O) groups excluding carboxylic acids is 1. The number of benzene rings is 1. The highest BCUT2D eigenvalue weighted by Gasteiger charge is 2.11. The van der Waals surface area contributed by atoms with Crippen molar-refractivity contribution in [1.82, 2.24) is 9.88 Å². The molecule has 0 saturated heterocycles. The number of hydrogen-bond donors (Lipinski definition) is 2. The number of urea groups is 1. The molecule has 0 aliphatic heterocycles. The van der Waals surface area contributed by atoms with Gasteiger partial charge in [0, 0.05) is 24.5 Å². The maximum Gasteiger partial charge on any atom is 0.319 e. The average molecular weight is 337 g/mol. The Hall–Kier alpha value is -2.82. The predicted molar refractivity (Wildman–Crippen MR) is 99.7 cm³/mol. The maximum atomic E-state index is 12.0. The lowest BCUT2D eigenvalue weighted by Crippen LogP contribution is -2.33. The van der Waals surface area contributed by atoms with Crippen molar-refractivity contribution < 1.29 is 4.79 Å². The Kier molecular flexibility index (Phi) is 5.67. The largest absolute Gasteiger partial charge is 0.338 e. The second-order valence-electron chi connectivity index (χ2n) is 6.35. The van der Waals surface area contributed by atoms with Gasteiger partial charge in [-0.25, -0.2) is 4.79 Å². The zero-order valence-electron chi connectivity index (χ0n) is 14.2. The van der Waals surface area contributed by atoms with E-state index in [0.29, 0.717) is 19.0 Å². The second kappa shape index (κ2) is 8.33. The fourth-order valence-electron chi connectivity index (χ4n) is 2.94. The van der Waals surface area contributed by atoms with Crippen molar-refractivity contribution in [3.63, 3.8) is 0 Å². The summed E-state index contributed by atoms with van der Waals surface area (Å²) in [5, 5.41) is 5.78. The Morgan fingerprint density at radius 2 is 1.96 bits per heavy atom. The van der Waals surface area contributed by atoms with E-state index in [4.69, 9.17) is 0 Å². The third-order valence-corrected chi connectivity index (χ3v) is 4.39. The summed E-state index contributed by atoms with van der Waals surface area (Å²) in [6, 6.07) is 12.5. The van der Waals surface area contributed by atoms with Crippen molar-refractivity contribution in [3.05, 3.63) is 76.7 Å². The Balaban J connectivity index is 1.50. The van der Waals surface area contributed by atoms with E-state index in [9.17, 15) is 9.59 Å². The third kappa shape index (κ3) is 5.08. The molecule has 1 aromatic heterocycles. The van der Waals surface area contributed by atoms with Gasteiger partial charge in [-0.1, -0.05) is 30.4 Å². The van der Waals surface area contributed by atoms with Crippen molar-refractivity contribution >= 4 is 11.7 Å². The molecule has 2 aromatic rings. The van der Waals surface area contributed by atoms with Gasteiger partial charge < -0.3 is 15.2 Å². The molecule has 0 spiro atoms. The van der Waals surface area contributed by atoms with Crippen molar-refractivity contribution in [2.75, 3.05) is 11.9 Å². The number of amides is 2. The molecule has 0 radical (unpaired) electrons. The molecular formula is C20H23N3O2. The van der Waals surface area contributed by atoms with E-state index in [1.54, 1.807) is 22.9 Å². The summed E-state index contributed by atoms with van der Waals surface area (Å²) in [6.45, 7) is 1.21. The summed E-state index contributed by atoms with van der Waals surface area (Å²) < 4.78 is 1.65. The number of anilines is 1. The standard InChI is InChI=1S/C20H23N3O2/c24-19-8-4-5-13-23(19)15-17-9-11-18(12-10-17)22-20(25)21-14-16-6-2-1-3-7-16/h1-2,4-5,8-13,16H,3,6-7,14-15H2,(H2,21,22,25)/t16-/m0/s1. The lowest BCUT2D eigenvalue weighted by molar-refractivity contribution is 0.249. The van der Waals surface area contributed by atoms with Crippen molar-refractivity contribution in [2.24, 2.45) is 5.92 Å². The third-order valence-electron chi connectivity index (χ3n) is 4.39. The number of pyridine rings is 1. The van der Waals surface area contributed by atoms with Crippen LogP contribution in [0, 0.1) is 5.92 Å². The van der Waals surface area contributed by atoms with Crippen molar-refractivity contribution in [1.29, 1.82) is 0 Å². The molecule has 1 atom stereocenters. The van der Waals surface area contributed by atoms with E-state index < -0.39 is 0 Å². The van der Waals surface area contributed by atoms with E-state index in [-0.39, 0.29) is 11.6 Å². The van der Waals surface area contributed by atoms with E-state index in [1.807, 2.05) is 30.3 Å². The number of allylic oxidation sites excluding steroid dienone is 2. The fraction of sp³-hybridized carbons (Fsp3) is 0.300. The topological polar surface area (TPSA) is 63.1 Å². The molecule has 0 unspecified atom stereocenters. The summed E-state index contributed by atoms with van der Waals surface area (Å²) in [6.07, 6.45) is 9.41. The highest BCUT2D eigenvalue weighted by Crippen LogP contribution is 2.17. The number of aromatic nitrogens is 1. The van der Waals surface area contributed by atoms with E-state index in [0.717, 1.165) is 30.5 Å². The summed E-state index contributed by atoms with van der Waals surface area (Å²) >= 11 is 0. The van der Waals surface area contributed by atoms with Crippen LogP contribution in [0.3, 0.4) is 0 Å². The summed E-state index contributed by atoms with van der Waals surface area (Å²) in [5.74, 6) is 0.530. The molecule has 1 aliphatic carbocycles. The van der Waals surface area contributed by atoms with Crippen LogP contribution in [-0.4, -0.2) is 17.1 Å². The van der Waals surface area contributed by atoms with Crippen molar-refractivity contribution in [3.8, 4) is 0 Å². The minimum Gasteiger partial charge on any atom is -0.338 e. The van der Waals surface area contributed by atoms with Crippen LogP contribution in [0.4, 0.5) is 10.5 Å². The highest BCUT2D eigenvalue weighted by atomic mass is 16.2. The van der Waals surface area contributed by atoms with Gasteiger partial charge in [0.15, 0.2) is 0 Å². The second-order valence-corrected chi connectivity index (χ2v) is 6.35. The van der Waals surface area contributed by atoms with E-state index >= 15 is 0 Å². The quantitative estimate of drug-likeness (QED) is 0.822. The zero-order valence-corrected chi connectivity index (χ0v) is 14.2. The first-order chi connectivity index (χ1) is 12.2. The lowest BCUT2D eigenvalue weighted by Gasteiger charge is -2.18. The predicted octanol–water partition coefficient (Wildman–Crippen LogP) is 3.37. The van der Waals surface area contributed by atoms with E-state index in [1.165, 1.54) is 0 Å². The SMILES string of the molecule is O=C(NC[C@H]1CC=CCC1)Nc1ccc(Cn2ccccc2=O)cc1. The van der Waals surface area contributed by atoms with Crippen LogP contribution in [-0.2, 0) is 6.54 Å². The number of rotatable bonds is 5. The average Bonchev–Trinajstić information content (AvgIpc) is 2.64. The molecular weight excluding hydrogens is 314 g/mol. The van der Waals surface area contributed by atoms with Gasteiger partial charge >= 0.3 is 6.03 Å². The Morgan fingerprint density at radius 3 is 2.68 bits per heavy atom. The van der Waals surface area contributed by atoms with Crippen LogP contribution >= 0.6 is 0 Å². The fourth-order valence-corrected chi connectivity index (χ4v) is 2.94. The molecule has 25 heavy (non-hydrogen) atoms. The Bertz CT molecular complexity index is 793. The first-order valence-corrected chi connectivity index (χ1v) is 8.65. The molecule has 2 amide bonds. The summed E-state index contributed by atoms with van der Waals surface area (Å²) in [5.41, 5.74) is 1.72. The van der Waals surface area contributed by atoms with Gasteiger partial charge in [0.2, 0.25) is 0 Å². The molecule has 0 saturated carbocycles. The van der Waals surface area contributed by atoms with Crippen LogP contribution < -0.4 is 16.2 Å². The van der Waals surface area contributed by atoms with Gasteiger partial charge in [0.1, 0.15) is 0 Å². The molecule has 3 rings (SSSR count). The Labute approximate surface area is 147 Å². The Morgan fingerprint density at radius 1 is 1.12 bits per heavy atom. The molecule has 130 valence electrons. The van der Waals surface area contributed by atoms with Crippen LogP contribution in [0.2, 0.25) is 0 Å². The molecule has 5 nitrogen and oxygen atoms in total. The number of nitrogens with zero attached hydrogens (tertiary/aromatic N) is 1. The normalized spacial score (nSPS) is 16.4. The van der Waals surface area contributed by atoms with Gasteiger partial charge in [0.05, 0.1) is 6.54 Å². The molecule has 0 fully saturated rings. The van der Waals surface area contributed by atoms with Crippen LogP contribution in [0.1, 0.15) is 24.8 Å². The van der Waals surface area contributed by atoms with Gasteiger partial charge in [-0.3, -0.25) is 4.79 Å². The van der Waals surface area contributed by atoms with Crippen molar-refractivity contribution in [2.45, 2.75) is 25.8 Å². The molecule has 5 heteroatoms. The first kappa shape index (κ1) is 17.0. The molecule has 1 aliphatic rings. The van der Waals surface area contributed by atoms with Gasteiger partial charge in [-0.05, 0) is 48.9 Å². The van der Waals surface area contributed by atoms with Crippen LogP contribution in [0.25, 0.3) is 0 Å². The highest BCUT2D eigenvalue weighted by molar-refractivity contribution is 5.89. The minimum atomic E-state index is -0.179. The van der Waals surface area contributed by atoms with Crippen LogP contribution in [0.15, 0.2) is 65.6 Å².